The van der Waals surface area contributed by atoms with E-state index >= 15 is 0 Å². The minimum Gasteiger partial charge on any atom is -0.497 e. The van der Waals surface area contributed by atoms with Crippen molar-refractivity contribution in [1.82, 2.24) is 4.72 Å². The van der Waals surface area contributed by atoms with Crippen LogP contribution in [-0.4, -0.2) is 30.7 Å². The monoisotopic (exact) mass is 271 g/mol. The van der Waals surface area contributed by atoms with Gasteiger partial charge in [-0.05, 0) is 19.9 Å². The molecule has 0 aliphatic rings. The van der Waals surface area contributed by atoms with E-state index in [2.05, 4.69) is 4.72 Å². The van der Waals surface area contributed by atoms with Crippen LogP contribution in [0.25, 0.3) is 0 Å². The van der Waals surface area contributed by atoms with E-state index in [4.69, 9.17) is 9.47 Å². The fourth-order valence-corrected chi connectivity index (χ4v) is 2.07. The molecule has 0 aliphatic carbocycles. The van der Waals surface area contributed by atoms with Gasteiger partial charge in [-0.25, -0.2) is 0 Å². The van der Waals surface area contributed by atoms with E-state index < -0.39 is 5.60 Å². The zero-order valence-electron chi connectivity index (χ0n) is 11.3. The van der Waals surface area contributed by atoms with Crippen LogP contribution in [0.15, 0.2) is 18.2 Å². The van der Waals surface area contributed by atoms with Gasteiger partial charge in [0.25, 0.3) is 0 Å². The molecule has 5 heteroatoms. The first-order valence-electron chi connectivity index (χ1n) is 5.74. The predicted molar refractivity (Wildman–Crippen MR) is 75.1 cm³/mol. The lowest BCUT2D eigenvalue weighted by molar-refractivity contribution is 0.107. The maximum absolute atomic E-state index is 9.58. The third-order valence-corrected chi connectivity index (χ3v) is 3.48. The largest absolute Gasteiger partial charge is 0.497 e. The normalized spacial score (nSPS) is 11.4. The Bertz CT molecular complexity index is 377. The first-order valence-corrected chi connectivity index (χ1v) is 6.73. The molecular weight excluding hydrogens is 250 g/mol. The highest BCUT2D eigenvalue weighted by Crippen LogP contribution is 2.24. The van der Waals surface area contributed by atoms with E-state index in [0.717, 1.165) is 17.1 Å². The Morgan fingerprint density at radius 3 is 2.56 bits per heavy atom. The van der Waals surface area contributed by atoms with Gasteiger partial charge < -0.3 is 14.6 Å². The van der Waals surface area contributed by atoms with E-state index in [1.54, 1.807) is 28.1 Å². The first kappa shape index (κ1) is 15.1. The highest BCUT2D eigenvalue weighted by atomic mass is 32.2. The minimum absolute atomic E-state index is 0.630. The van der Waals surface area contributed by atoms with Gasteiger partial charge in [0, 0.05) is 23.9 Å². The number of ether oxygens (including phenoxy) is 2. The van der Waals surface area contributed by atoms with Crippen molar-refractivity contribution < 1.29 is 14.6 Å². The summed E-state index contributed by atoms with van der Waals surface area (Å²) in [6.45, 7) is 4.25. The van der Waals surface area contributed by atoms with Crippen molar-refractivity contribution in [2.45, 2.75) is 26.0 Å². The highest BCUT2D eigenvalue weighted by Gasteiger charge is 2.12. The summed E-state index contributed by atoms with van der Waals surface area (Å²) in [5.74, 6) is 2.20. The molecule has 0 saturated heterocycles. The molecular formula is C13H21NO3S. The lowest BCUT2D eigenvalue weighted by Crippen LogP contribution is -2.24. The molecule has 0 atom stereocenters. The van der Waals surface area contributed by atoms with E-state index in [9.17, 15) is 5.11 Å². The molecule has 18 heavy (non-hydrogen) atoms. The smallest absolute Gasteiger partial charge is 0.127 e. The molecule has 0 saturated carbocycles. The van der Waals surface area contributed by atoms with Gasteiger partial charge in [-0.3, -0.25) is 4.72 Å². The standard InChI is InChI=1S/C13H21NO3S/c1-13(2,15)9-18-14-8-10-5-6-11(16-3)7-12(10)17-4/h5-7,14-15H,8-9H2,1-4H3. The Morgan fingerprint density at radius 2 is 2.00 bits per heavy atom. The number of methoxy groups -OCH3 is 2. The second-order valence-corrected chi connectivity index (χ2v) is 5.47. The van der Waals surface area contributed by atoms with Crippen LogP contribution in [0.2, 0.25) is 0 Å². The molecule has 102 valence electrons. The summed E-state index contributed by atoms with van der Waals surface area (Å²) in [5, 5.41) is 9.58. The van der Waals surface area contributed by atoms with Gasteiger partial charge in [-0.2, -0.15) is 0 Å². The van der Waals surface area contributed by atoms with Crippen molar-refractivity contribution in [2.24, 2.45) is 0 Å². The molecule has 1 aromatic rings. The van der Waals surface area contributed by atoms with Gasteiger partial charge in [0.2, 0.25) is 0 Å². The van der Waals surface area contributed by atoms with Crippen LogP contribution in [0.5, 0.6) is 11.5 Å². The summed E-state index contributed by atoms with van der Waals surface area (Å²) in [6, 6.07) is 5.73. The molecule has 1 aromatic carbocycles. The maximum atomic E-state index is 9.58. The van der Waals surface area contributed by atoms with Gasteiger partial charge in [0.05, 0.1) is 19.8 Å². The third kappa shape index (κ3) is 5.16. The van der Waals surface area contributed by atoms with Gasteiger partial charge in [-0.1, -0.05) is 18.0 Å². The fourth-order valence-electron chi connectivity index (χ4n) is 1.35. The molecule has 0 heterocycles. The van der Waals surface area contributed by atoms with Gasteiger partial charge in [-0.15, -0.1) is 0 Å². The van der Waals surface area contributed by atoms with Crippen molar-refractivity contribution in [3.63, 3.8) is 0 Å². The summed E-state index contributed by atoms with van der Waals surface area (Å²) >= 11 is 1.50. The zero-order chi connectivity index (χ0) is 13.6. The number of hydrogen-bond donors (Lipinski definition) is 2. The second-order valence-electron chi connectivity index (χ2n) is 4.60. The summed E-state index contributed by atoms with van der Waals surface area (Å²) in [4.78, 5) is 0. The van der Waals surface area contributed by atoms with Crippen LogP contribution in [0.4, 0.5) is 0 Å². The SMILES string of the molecule is COc1ccc(CNSCC(C)(C)O)c(OC)c1. The van der Waals surface area contributed by atoms with Crippen LogP contribution in [0, 0.1) is 0 Å². The summed E-state index contributed by atoms with van der Waals surface area (Å²) in [6.07, 6.45) is 0. The minimum atomic E-state index is -0.665. The van der Waals surface area contributed by atoms with Crippen LogP contribution < -0.4 is 14.2 Å². The summed E-state index contributed by atoms with van der Waals surface area (Å²) < 4.78 is 13.7. The van der Waals surface area contributed by atoms with E-state index in [1.165, 1.54) is 11.9 Å². The Labute approximate surface area is 113 Å². The third-order valence-electron chi connectivity index (χ3n) is 2.28. The number of rotatable bonds is 7. The maximum Gasteiger partial charge on any atom is 0.127 e. The van der Waals surface area contributed by atoms with Crippen LogP contribution >= 0.6 is 11.9 Å². The topological polar surface area (TPSA) is 50.7 Å². The Hall–Kier alpha value is -0.910. The molecule has 0 aromatic heterocycles. The molecule has 0 amide bonds. The van der Waals surface area contributed by atoms with E-state index in [-0.39, 0.29) is 0 Å². The molecule has 0 fully saturated rings. The van der Waals surface area contributed by atoms with Crippen LogP contribution in [0.1, 0.15) is 19.4 Å². The molecule has 2 N–H and O–H groups in total. The first-order chi connectivity index (χ1) is 8.46. The lowest BCUT2D eigenvalue weighted by atomic mass is 10.2. The predicted octanol–water partition coefficient (Wildman–Crippen LogP) is 2.21. The number of aliphatic hydroxyl groups is 1. The molecule has 0 radical (unpaired) electrons. The molecule has 1 rings (SSSR count). The summed E-state index contributed by atoms with van der Waals surface area (Å²) in [5.41, 5.74) is 0.392. The number of nitrogens with one attached hydrogen (secondary N) is 1. The van der Waals surface area contributed by atoms with Gasteiger partial charge >= 0.3 is 0 Å². The molecule has 0 unspecified atom stereocenters. The van der Waals surface area contributed by atoms with Crippen molar-refractivity contribution >= 4 is 11.9 Å². The molecule has 0 bridgehead atoms. The number of hydrogen-bond acceptors (Lipinski definition) is 5. The highest BCUT2D eigenvalue weighted by molar-refractivity contribution is 7.97. The number of benzene rings is 1. The average Bonchev–Trinajstić information content (AvgIpc) is 2.33. The van der Waals surface area contributed by atoms with Crippen molar-refractivity contribution in [3.8, 4) is 11.5 Å². The lowest BCUT2D eigenvalue weighted by Gasteiger charge is -2.16. The van der Waals surface area contributed by atoms with Crippen molar-refractivity contribution in [1.29, 1.82) is 0 Å². The zero-order valence-corrected chi connectivity index (χ0v) is 12.1. The van der Waals surface area contributed by atoms with Gasteiger partial charge in [0.1, 0.15) is 11.5 Å². The molecule has 0 aliphatic heterocycles. The van der Waals surface area contributed by atoms with Crippen molar-refractivity contribution in [3.05, 3.63) is 23.8 Å². The molecule has 0 spiro atoms. The van der Waals surface area contributed by atoms with E-state index in [1.807, 2.05) is 18.2 Å². The fraction of sp³-hybridized carbons (Fsp3) is 0.538. The quantitative estimate of drug-likeness (QED) is 0.588. The van der Waals surface area contributed by atoms with E-state index in [0.29, 0.717) is 12.3 Å². The average molecular weight is 271 g/mol. The van der Waals surface area contributed by atoms with Crippen LogP contribution in [-0.2, 0) is 6.54 Å². The Morgan fingerprint density at radius 1 is 1.28 bits per heavy atom. The van der Waals surface area contributed by atoms with Crippen molar-refractivity contribution in [2.75, 3.05) is 20.0 Å². The Kier molecular flexibility index (Phi) is 5.78. The van der Waals surface area contributed by atoms with Gasteiger partial charge in [0.15, 0.2) is 0 Å². The second kappa shape index (κ2) is 6.87. The Balaban J connectivity index is 2.51. The summed E-state index contributed by atoms with van der Waals surface area (Å²) in [7, 11) is 3.27. The van der Waals surface area contributed by atoms with Crippen LogP contribution in [0.3, 0.4) is 0 Å². The molecule has 4 nitrogen and oxygen atoms in total.